The lowest BCUT2D eigenvalue weighted by Gasteiger charge is -2.13. The average molecular weight is 453 g/mol. The van der Waals surface area contributed by atoms with Gasteiger partial charge in [0.2, 0.25) is 0 Å². The number of nitrogens with zero attached hydrogens (tertiary/aromatic N) is 2. The molecule has 29 heavy (non-hydrogen) atoms. The van der Waals surface area contributed by atoms with Crippen molar-refractivity contribution in [3.05, 3.63) is 45.4 Å². The van der Waals surface area contributed by atoms with E-state index in [0.29, 0.717) is 11.1 Å². The summed E-state index contributed by atoms with van der Waals surface area (Å²) in [6, 6.07) is 12.4. The van der Waals surface area contributed by atoms with Crippen molar-refractivity contribution in [2.24, 2.45) is 0 Å². The lowest BCUT2D eigenvalue weighted by molar-refractivity contribution is 0.544. The molecule has 0 amide bonds. The molecule has 154 valence electrons. The summed E-state index contributed by atoms with van der Waals surface area (Å²) in [5.41, 5.74) is 2.05. The first-order valence-corrected chi connectivity index (χ1v) is 12.1. The van der Waals surface area contributed by atoms with E-state index in [-0.39, 0.29) is 0 Å². The lowest BCUT2D eigenvalue weighted by atomic mass is 9.92. The van der Waals surface area contributed by atoms with Gasteiger partial charge in [-0.1, -0.05) is 102 Å². The summed E-state index contributed by atoms with van der Waals surface area (Å²) in [4.78, 5) is 0. The van der Waals surface area contributed by atoms with Crippen molar-refractivity contribution in [3.8, 4) is 12.1 Å². The largest absolute Gasteiger partial charge is 0.192 e. The lowest BCUT2D eigenvalue weighted by Crippen LogP contribution is -1.99. The van der Waals surface area contributed by atoms with Gasteiger partial charge in [0.15, 0.2) is 0 Å². The van der Waals surface area contributed by atoms with Crippen LogP contribution in [-0.2, 0) is 6.42 Å². The molecule has 0 saturated carbocycles. The van der Waals surface area contributed by atoms with E-state index in [4.69, 9.17) is 0 Å². The first-order chi connectivity index (χ1) is 14.2. The molecule has 0 saturated heterocycles. The molecule has 0 aliphatic carbocycles. The molecule has 0 fully saturated rings. The van der Waals surface area contributed by atoms with E-state index in [0.717, 1.165) is 33.7 Å². The summed E-state index contributed by atoms with van der Waals surface area (Å²) in [6.45, 7) is 2.27. The summed E-state index contributed by atoms with van der Waals surface area (Å²) in [5, 5.41) is 21.2. The molecule has 0 unspecified atom stereocenters. The van der Waals surface area contributed by atoms with Crippen molar-refractivity contribution < 1.29 is 0 Å². The van der Waals surface area contributed by atoms with Crippen LogP contribution in [0.2, 0.25) is 0 Å². The molecule has 0 aliphatic rings. The highest BCUT2D eigenvalue weighted by Gasteiger charge is 2.17. The molecule has 2 aromatic carbocycles. The van der Waals surface area contributed by atoms with Gasteiger partial charge in [-0.15, -0.1) is 0 Å². The Morgan fingerprint density at radius 1 is 0.690 bits per heavy atom. The fourth-order valence-electron chi connectivity index (χ4n) is 4.07. The third-order valence-corrected chi connectivity index (χ3v) is 6.66. The molecule has 0 atom stereocenters. The third kappa shape index (κ3) is 6.87. The Kier molecular flexibility index (Phi) is 10.8. The van der Waals surface area contributed by atoms with Crippen LogP contribution in [0, 0.1) is 22.7 Å². The predicted molar refractivity (Wildman–Crippen MR) is 126 cm³/mol. The Morgan fingerprint density at radius 3 is 1.69 bits per heavy atom. The monoisotopic (exact) mass is 452 g/mol. The maximum Gasteiger partial charge on any atom is 0.101 e. The molecule has 3 heteroatoms. The van der Waals surface area contributed by atoms with E-state index in [2.05, 4.69) is 35.0 Å². The highest BCUT2D eigenvalue weighted by molar-refractivity contribution is 9.10. The maximum atomic E-state index is 9.68. The van der Waals surface area contributed by atoms with Gasteiger partial charge in [0.25, 0.3) is 0 Å². The molecular weight excluding hydrogens is 420 g/mol. The molecular formula is C26H33BrN2. The number of fused-ring (bicyclic) bond motifs is 1. The molecule has 2 aromatic rings. The smallest absolute Gasteiger partial charge is 0.101 e. The molecule has 0 spiro atoms. The first kappa shape index (κ1) is 23.4. The number of rotatable bonds is 13. The van der Waals surface area contributed by atoms with E-state index < -0.39 is 0 Å². The Balaban J connectivity index is 1.79. The van der Waals surface area contributed by atoms with Crippen LogP contribution in [0.25, 0.3) is 10.8 Å². The van der Waals surface area contributed by atoms with E-state index >= 15 is 0 Å². The number of nitriles is 2. The summed E-state index contributed by atoms with van der Waals surface area (Å²) < 4.78 is 0.978. The van der Waals surface area contributed by atoms with Crippen LogP contribution < -0.4 is 0 Å². The molecule has 0 N–H and O–H groups in total. The Morgan fingerprint density at radius 2 is 1.17 bits per heavy atom. The van der Waals surface area contributed by atoms with Crippen molar-refractivity contribution in [3.63, 3.8) is 0 Å². The summed E-state index contributed by atoms with van der Waals surface area (Å²) >= 11 is 3.71. The number of halogens is 1. The van der Waals surface area contributed by atoms with Crippen LogP contribution in [0.4, 0.5) is 0 Å². The topological polar surface area (TPSA) is 47.6 Å². The fourth-order valence-corrected chi connectivity index (χ4v) is 4.81. The second-order valence-corrected chi connectivity index (χ2v) is 8.74. The molecule has 0 aliphatic heterocycles. The van der Waals surface area contributed by atoms with Crippen LogP contribution in [0.15, 0.2) is 28.7 Å². The first-order valence-electron chi connectivity index (χ1n) is 11.3. The Hall–Kier alpha value is -1.84. The maximum absolute atomic E-state index is 9.68. The minimum absolute atomic E-state index is 0.514. The van der Waals surface area contributed by atoms with Gasteiger partial charge in [-0.05, 0) is 39.7 Å². The number of benzene rings is 2. The summed E-state index contributed by atoms with van der Waals surface area (Å²) in [7, 11) is 0. The number of hydrogen-bond acceptors (Lipinski definition) is 2. The fraction of sp³-hybridized carbons (Fsp3) is 0.538. The van der Waals surface area contributed by atoms with Gasteiger partial charge in [0, 0.05) is 9.86 Å². The zero-order chi connectivity index (χ0) is 20.9. The van der Waals surface area contributed by atoms with Crippen LogP contribution in [0.3, 0.4) is 0 Å². The normalized spacial score (nSPS) is 10.8. The van der Waals surface area contributed by atoms with Gasteiger partial charge < -0.3 is 0 Å². The molecule has 0 radical (unpaired) electrons. The third-order valence-electron chi connectivity index (χ3n) is 5.75. The van der Waals surface area contributed by atoms with Gasteiger partial charge in [0.1, 0.15) is 12.1 Å². The van der Waals surface area contributed by atoms with E-state index in [1.54, 1.807) is 0 Å². The van der Waals surface area contributed by atoms with Crippen LogP contribution >= 0.6 is 15.9 Å². The van der Waals surface area contributed by atoms with E-state index in [1.165, 1.54) is 70.6 Å². The number of unbranched alkanes of at least 4 members (excludes halogenated alkanes) is 11. The Bertz CT molecular complexity index is 858. The minimum atomic E-state index is 0.514. The zero-order valence-corrected chi connectivity index (χ0v) is 19.4. The van der Waals surface area contributed by atoms with Crippen LogP contribution in [-0.4, -0.2) is 0 Å². The van der Waals surface area contributed by atoms with Crippen molar-refractivity contribution in [2.45, 2.75) is 90.4 Å². The second-order valence-electron chi connectivity index (χ2n) is 7.95. The highest BCUT2D eigenvalue weighted by atomic mass is 79.9. The van der Waals surface area contributed by atoms with Gasteiger partial charge in [-0.3, -0.25) is 0 Å². The minimum Gasteiger partial charge on any atom is -0.192 e. The van der Waals surface area contributed by atoms with Gasteiger partial charge in [0.05, 0.1) is 11.1 Å². The zero-order valence-electron chi connectivity index (χ0n) is 17.8. The van der Waals surface area contributed by atoms with Gasteiger partial charge in [-0.2, -0.15) is 10.5 Å². The van der Waals surface area contributed by atoms with Crippen LogP contribution in [0.5, 0.6) is 0 Å². The Labute approximate surface area is 185 Å². The molecule has 0 heterocycles. The molecule has 2 nitrogen and oxygen atoms in total. The summed E-state index contributed by atoms with van der Waals surface area (Å²) in [6.07, 6.45) is 16.7. The predicted octanol–water partition coefficient (Wildman–Crippen LogP) is 8.59. The summed E-state index contributed by atoms with van der Waals surface area (Å²) in [5.74, 6) is 0. The van der Waals surface area contributed by atoms with E-state index in [1.807, 2.05) is 24.3 Å². The van der Waals surface area contributed by atoms with Crippen molar-refractivity contribution >= 4 is 26.7 Å². The number of hydrogen-bond donors (Lipinski definition) is 0. The average Bonchev–Trinajstić information content (AvgIpc) is 2.75. The van der Waals surface area contributed by atoms with Crippen molar-refractivity contribution in [2.75, 3.05) is 0 Å². The SMILES string of the molecule is CCCCCCCCCCCCCCc1c(C#N)c(C#N)c2ccccc2c1Br. The quantitative estimate of drug-likeness (QED) is 0.285. The second kappa shape index (κ2) is 13.4. The highest BCUT2D eigenvalue weighted by Crippen LogP contribution is 2.35. The van der Waals surface area contributed by atoms with Gasteiger partial charge in [-0.25, -0.2) is 0 Å². The standard InChI is InChI=1S/C26H33BrN2/c1-2-3-4-5-6-7-8-9-10-11-12-13-17-23-25(20-29)24(19-28)21-16-14-15-18-22(21)26(23)27/h14-16,18H,2-13,17H2,1H3. The van der Waals surface area contributed by atoms with Crippen molar-refractivity contribution in [1.29, 1.82) is 10.5 Å². The van der Waals surface area contributed by atoms with Gasteiger partial charge >= 0.3 is 0 Å². The molecule has 0 bridgehead atoms. The van der Waals surface area contributed by atoms with Crippen molar-refractivity contribution in [1.82, 2.24) is 0 Å². The molecule has 2 rings (SSSR count). The molecule has 0 aromatic heterocycles. The van der Waals surface area contributed by atoms with Crippen LogP contribution in [0.1, 0.15) is 101 Å². The van der Waals surface area contributed by atoms with E-state index in [9.17, 15) is 10.5 Å².